The van der Waals surface area contributed by atoms with Gasteiger partial charge < -0.3 is 0 Å². The van der Waals surface area contributed by atoms with E-state index in [1.807, 2.05) is 6.92 Å². The van der Waals surface area contributed by atoms with Gasteiger partial charge in [0.15, 0.2) is 0 Å². The zero-order valence-electron chi connectivity index (χ0n) is 15.2. The van der Waals surface area contributed by atoms with Crippen molar-refractivity contribution in [1.82, 2.24) is 0 Å². The second-order valence-electron chi connectivity index (χ2n) is 8.57. The molecule has 0 N–H and O–H groups in total. The summed E-state index contributed by atoms with van der Waals surface area (Å²) in [4.78, 5) is 0. The second kappa shape index (κ2) is 6.11. The first-order valence-electron chi connectivity index (χ1n) is 9.81. The molecule has 0 heterocycles. The summed E-state index contributed by atoms with van der Waals surface area (Å²) < 4.78 is 0. The Morgan fingerprint density at radius 3 is 2.92 bits per heavy atom. The Morgan fingerprint density at radius 1 is 1.25 bits per heavy atom. The van der Waals surface area contributed by atoms with E-state index in [0.29, 0.717) is 11.3 Å². The predicted molar refractivity (Wildman–Crippen MR) is 102 cm³/mol. The largest absolute Gasteiger partial charge is 0.103 e. The summed E-state index contributed by atoms with van der Waals surface area (Å²) in [6.45, 7) is 8.55. The maximum absolute atomic E-state index is 4.02. The summed E-state index contributed by atoms with van der Waals surface area (Å²) in [5, 5.41) is 0. The van der Waals surface area contributed by atoms with Gasteiger partial charge in [0.25, 0.3) is 0 Å². The summed E-state index contributed by atoms with van der Waals surface area (Å²) in [5.74, 6) is 10.5. The lowest BCUT2D eigenvalue weighted by Gasteiger charge is -2.52. The van der Waals surface area contributed by atoms with Crippen molar-refractivity contribution in [2.24, 2.45) is 35.0 Å². The van der Waals surface area contributed by atoms with Crippen molar-refractivity contribution in [3.8, 4) is 11.8 Å². The Morgan fingerprint density at radius 2 is 2.12 bits per heavy atom. The lowest BCUT2D eigenvalue weighted by molar-refractivity contribution is 0.000149. The molecule has 2 fully saturated rings. The van der Waals surface area contributed by atoms with E-state index < -0.39 is 0 Å². The molecule has 0 nitrogen and oxygen atoms in total. The molecule has 126 valence electrons. The molecule has 0 bridgehead atoms. The highest BCUT2D eigenvalue weighted by Gasteiger charge is 2.54. The van der Waals surface area contributed by atoms with E-state index in [2.05, 4.69) is 55.7 Å². The van der Waals surface area contributed by atoms with Crippen LogP contribution in [0.2, 0.25) is 0 Å². The molecular weight excluding hydrogens is 288 g/mol. The molecule has 24 heavy (non-hydrogen) atoms. The molecule has 0 aromatic rings. The van der Waals surface area contributed by atoms with E-state index >= 15 is 0 Å². The SMILES string of the molecule is C=CCC1CC[C@H]2[C@@H]3CC=C4C=CC(C#CC)=C[C@@H]4[C@H]3CC[C@]12C. The zero-order chi connectivity index (χ0) is 16.7. The molecule has 0 radical (unpaired) electrons. The summed E-state index contributed by atoms with van der Waals surface area (Å²) in [6, 6.07) is 0. The van der Waals surface area contributed by atoms with Crippen molar-refractivity contribution in [2.75, 3.05) is 0 Å². The molecule has 0 saturated heterocycles. The first kappa shape index (κ1) is 16.0. The van der Waals surface area contributed by atoms with Crippen molar-refractivity contribution in [2.45, 2.75) is 52.4 Å². The van der Waals surface area contributed by atoms with Crippen LogP contribution in [0, 0.1) is 46.8 Å². The topological polar surface area (TPSA) is 0 Å². The van der Waals surface area contributed by atoms with Crippen LogP contribution >= 0.6 is 0 Å². The van der Waals surface area contributed by atoms with Gasteiger partial charge in [0.2, 0.25) is 0 Å². The normalized spacial score (nSPS) is 42.7. The molecule has 4 aliphatic rings. The number of allylic oxidation sites excluding steroid dienone is 7. The Bertz CT molecular complexity index is 677. The molecule has 0 amide bonds. The number of fused-ring (bicyclic) bond motifs is 5. The number of hydrogen-bond donors (Lipinski definition) is 0. The van der Waals surface area contributed by atoms with Crippen LogP contribution in [0.4, 0.5) is 0 Å². The molecule has 4 rings (SSSR count). The fourth-order valence-electron chi connectivity index (χ4n) is 6.52. The van der Waals surface area contributed by atoms with Gasteiger partial charge in [0, 0.05) is 11.5 Å². The van der Waals surface area contributed by atoms with Crippen molar-refractivity contribution in [3.63, 3.8) is 0 Å². The van der Waals surface area contributed by atoms with Crippen LogP contribution < -0.4 is 0 Å². The van der Waals surface area contributed by atoms with Gasteiger partial charge in [-0.15, -0.1) is 12.5 Å². The average molecular weight is 319 g/mol. The van der Waals surface area contributed by atoms with Crippen LogP contribution in [0.3, 0.4) is 0 Å². The molecule has 6 atom stereocenters. The third-order valence-electron chi connectivity index (χ3n) is 7.70. The summed E-state index contributed by atoms with van der Waals surface area (Å²) >= 11 is 0. The standard InChI is InChI=1S/C24H30/c1-4-6-17-8-9-18-10-12-21-20(22(18)16-17)14-15-24(3)19(7-5-2)11-13-23(21)24/h5,8-10,16,19-23H,2,7,11-15H2,1,3H3/t19?,20-,21+,22-,23-,24+/m0/s1. The minimum atomic E-state index is 0.557. The van der Waals surface area contributed by atoms with Gasteiger partial charge in [-0.3, -0.25) is 0 Å². The predicted octanol–water partition coefficient (Wildman–Crippen LogP) is 6.09. The summed E-state index contributed by atoms with van der Waals surface area (Å²) in [6.07, 6.45) is 19.9. The first-order valence-corrected chi connectivity index (χ1v) is 9.81. The van der Waals surface area contributed by atoms with Crippen molar-refractivity contribution in [3.05, 3.63) is 48.1 Å². The zero-order valence-corrected chi connectivity index (χ0v) is 15.2. The van der Waals surface area contributed by atoms with E-state index in [1.165, 1.54) is 44.1 Å². The van der Waals surface area contributed by atoms with Gasteiger partial charge in [-0.1, -0.05) is 37.1 Å². The van der Waals surface area contributed by atoms with Crippen molar-refractivity contribution in [1.29, 1.82) is 0 Å². The van der Waals surface area contributed by atoms with Crippen LogP contribution in [0.15, 0.2) is 48.1 Å². The maximum atomic E-state index is 4.02. The fraction of sp³-hybridized carbons (Fsp3) is 0.583. The Kier molecular flexibility index (Phi) is 4.07. The minimum absolute atomic E-state index is 0.557. The van der Waals surface area contributed by atoms with E-state index in [4.69, 9.17) is 0 Å². The molecule has 0 spiro atoms. The van der Waals surface area contributed by atoms with E-state index in [1.54, 1.807) is 5.57 Å². The lowest BCUT2D eigenvalue weighted by atomic mass is 9.52. The number of hydrogen-bond acceptors (Lipinski definition) is 0. The quantitative estimate of drug-likeness (QED) is 0.427. The molecule has 0 heteroatoms. The van der Waals surface area contributed by atoms with Gasteiger partial charge in [0.05, 0.1) is 0 Å². The Hall–Kier alpha value is -1.48. The molecule has 0 aromatic heterocycles. The molecule has 2 saturated carbocycles. The summed E-state index contributed by atoms with van der Waals surface area (Å²) in [7, 11) is 0. The lowest BCUT2D eigenvalue weighted by Crippen LogP contribution is -2.44. The fourth-order valence-corrected chi connectivity index (χ4v) is 6.52. The average Bonchev–Trinajstić information content (AvgIpc) is 2.92. The van der Waals surface area contributed by atoms with Crippen LogP contribution in [0.25, 0.3) is 0 Å². The van der Waals surface area contributed by atoms with E-state index in [0.717, 1.165) is 23.7 Å². The molecule has 0 aromatic carbocycles. The van der Waals surface area contributed by atoms with Crippen LogP contribution in [0.5, 0.6) is 0 Å². The van der Waals surface area contributed by atoms with Crippen LogP contribution in [-0.2, 0) is 0 Å². The highest BCUT2D eigenvalue weighted by molar-refractivity contribution is 5.48. The van der Waals surface area contributed by atoms with Gasteiger partial charge in [-0.25, -0.2) is 0 Å². The Labute approximate surface area is 147 Å². The van der Waals surface area contributed by atoms with Gasteiger partial charge in [-0.2, -0.15) is 0 Å². The molecular formula is C24H30. The molecule has 1 unspecified atom stereocenters. The maximum Gasteiger partial charge on any atom is 0.0211 e. The smallest absolute Gasteiger partial charge is 0.0211 e. The molecule has 0 aliphatic heterocycles. The van der Waals surface area contributed by atoms with E-state index in [-0.39, 0.29) is 0 Å². The molecule has 4 aliphatic carbocycles. The Balaban J connectivity index is 1.63. The monoisotopic (exact) mass is 318 g/mol. The van der Waals surface area contributed by atoms with Crippen molar-refractivity contribution < 1.29 is 0 Å². The number of rotatable bonds is 2. The highest BCUT2D eigenvalue weighted by Crippen LogP contribution is 2.63. The second-order valence-corrected chi connectivity index (χ2v) is 8.57. The van der Waals surface area contributed by atoms with Crippen LogP contribution in [-0.4, -0.2) is 0 Å². The van der Waals surface area contributed by atoms with E-state index in [9.17, 15) is 0 Å². The van der Waals surface area contributed by atoms with Crippen LogP contribution in [0.1, 0.15) is 52.4 Å². The minimum Gasteiger partial charge on any atom is -0.103 e. The summed E-state index contributed by atoms with van der Waals surface area (Å²) in [5.41, 5.74) is 3.34. The first-order chi connectivity index (χ1) is 11.7. The third-order valence-corrected chi connectivity index (χ3v) is 7.70. The van der Waals surface area contributed by atoms with Crippen molar-refractivity contribution >= 4 is 0 Å². The van der Waals surface area contributed by atoms with Gasteiger partial charge in [-0.05, 0) is 86.2 Å². The van der Waals surface area contributed by atoms with Gasteiger partial charge >= 0.3 is 0 Å². The third kappa shape index (κ3) is 2.36. The van der Waals surface area contributed by atoms with Gasteiger partial charge in [0.1, 0.15) is 0 Å². The highest BCUT2D eigenvalue weighted by atomic mass is 14.6.